The Kier molecular flexibility index (Phi) is 4.52. The Morgan fingerprint density at radius 2 is 1.05 bits per heavy atom. The summed E-state index contributed by atoms with van der Waals surface area (Å²) in [5, 5.41) is 10.5. The van der Waals surface area contributed by atoms with Gasteiger partial charge >= 0.3 is 0 Å². The molecule has 0 bridgehead atoms. The third-order valence-electron chi connectivity index (χ3n) is 9.27. The van der Waals surface area contributed by atoms with Crippen LogP contribution < -0.4 is 4.90 Å². The number of hydrogen-bond acceptors (Lipinski definition) is 1. The number of aryl methyl sites for hydroxylation is 2. The van der Waals surface area contributed by atoms with E-state index in [4.69, 9.17) is 0 Å². The van der Waals surface area contributed by atoms with Crippen LogP contribution in [0, 0.1) is 13.8 Å². The fraction of sp³-hybridized carbons (Fsp3) is 0.0500. The van der Waals surface area contributed by atoms with E-state index >= 15 is 0 Å². The fourth-order valence-corrected chi connectivity index (χ4v) is 7.36. The summed E-state index contributed by atoms with van der Waals surface area (Å²) in [4.78, 5) is 2.50. The number of benzene rings is 8. The van der Waals surface area contributed by atoms with Gasteiger partial charge in [-0.3, -0.25) is 0 Å². The second kappa shape index (κ2) is 8.19. The van der Waals surface area contributed by atoms with Crippen LogP contribution in [0.4, 0.5) is 17.1 Å². The smallest absolute Gasteiger partial charge is 0.0546 e. The van der Waals surface area contributed by atoms with Gasteiger partial charge in [-0.1, -0.05) is 103 Å². The van der Waals surface area contributed by atoms with Crippen LogP contribution in [-0.2, 0) is 0 Å². The van der Waals surface area contributed by atoms with Gasteiger partial charge in [0.1, 0.15) is 0 Å². The Hall–Kier alpha value is -5.14. The van der Waals surface area contributed by atoms with Gasteiger partial charge < -0.3 is 4.90 Å². The molecular formula is C40H27N. The zero-order chi connectivity index (χ0) is 27.2. The molecule has 0 saturated carbocycles. The average molecular weight is 522 g/mol. The Morgan fingerprint density at radius 3 is 1.88 bits per heavy atom. The first-order valence-electron chi connectivity index (χ1n) is 14.4. The molecule has 0 aromatic heterocycles. The van der Waals surface area contributed by atoms with Crippen molar-refractivity contribution in [1.82, 2.24) is 0 Å². The highest BCUT2D eigenvalue weighted by molar-refractivity contribution is 6.27. The third-order valence-corrected chi connectivity index (χ3v) is 9.27. The van der Waals surface area contributed by atoms with Crippen LogP contribution in [0.1, 0.15) is 11.1 Å². The molecule has 8 aromatic rings. The molecule has 1 heterocycles. The minimum atomic E-state index is 1.22. The fourth-order valence-electron chi connectivity index (χ4n) is 7.36. The van der Waals surface area contributed by atoms with E-state index in [0.29, 0.717) is 0 Å². The van der Waals surface area contributed by atoms with E-state index in [1.165, 1.54) is 93.5 Å². The van der Waals surface area contributed by atoms with Crippen LogP contribution in [0.15, 0.2) is 127 Å². The predicted octanol–water partition coefficient (Wildman–Crippen LogP) is 11.5. The minimum Gasteiger partial charge on any atom is -0.309 e. The molecule has 8 aromatic carbocycles. The SMILES string of the molecule is Cc1ccccc1-c1cc2c3c(cccc3c1C)N(c1ccc3ccc4cccc5ccc1c3c45)c1ccccc1-2. The number of nitrogens with zero attached hydrogens (tertiary/aromatic N) is 1. The molecule has 0 N–H and O–H groups in total. The van der Waals surface area contributed by atoms with E-state index in [2.05, 4.69) is 146 Å². The molecule has 1 nitrogen and oxygen atoms in total. The molecule has 1 heteroatoms. The maximum atomic E-state index is 2.50. The zero-order valence-electron chi connectivity index (χ0n) is 23.1. The molecule has 0 saturated heterocycles. The second-order valence-electron chi connectivity index (χ2n) is 11.4. The van der Waals surface area contributed by atoms with Crippen LogP contribution in [0.5, 0.6) is 0 Å². The molecule has 0 atom stereocenters. The maximum Gasteiger partial charge on any atom is 0.0546 e. The van der Waals surface area contributed by atoms with Crippen LogP contribution in [0.3, 0.4) is 0 Å². The molecule has 0 spiro atoms. The highest BCUT2D eigenvalue weighted by Crippen LogP contribution is 2.54. The van der Waals surface area contributed by atoms with Crippen molar-refractivity contribution >= 4 is 60.2 Å². The predicted molar refractivity (Wildman–Crippen MR) is 176 cm³/mol. The van der Waals surface area contributed by atoms with Gasteiger partial charge in [-0.05, 0) is 98.2 Å². The van der Waals surface area contributed by atoms with Crippen LogP contribution in [0.2, 0.25) is 0 Å². The van der Waals surface area contributed by atoms with Crippen molar-refractivity contribution in [2.75, 3.05) is 4.90 Å². The first kappa shape index (κ1) is 22.7. The van der Waals surface area contributed by atoms with Crippen molar-refractivity contribution in [2.24, 2.45) is 0 Å². The lowest BCUT2D eigenvalue weighted by molar-refractivity contribution is 1.30. The van der Waals surface area contributed by atoms with Gasteiger partial charge in [0.25, 0.3) is 0 Å². The molecule has 0 aliphatic carbocycles. The van der Waals surface area contributed by atoms with E-state index in [0.717, 1.165) is 0 Å². The molecular weight excluding hydrogens is 494 g/mol. The maximum absolute atomic E-state index is 2.50. The summed E-state index contributed by atoms with van der Waals surface area (Å²) < 4.78 is 0. The standard InChI is InChI=1S/C40H27N/c1-24-9-3-4-12-29(24)33-23-34-31-13-5-6-15-35(31)41(37-16-8-14-30(25(33)2)40(34)37)36-22-20-28-18-17-26-10-7-11-27-19-21-32(36)39(28)38(26)27/h3-23H,1-2H3. The topological polar surface area (TPSA) is 3.24 Å². The molecule has 0 fully saturated rings. The van der Waals surface area contributed by atoms with E-state index in [1.807, 2.05) is 0 Å². The lowest BCUT2D eigenvalue weighted by atomic mass is 9.84. The van der Waals surface area contributed by atoms with Crippen LogP contribution in [-0.4, -0.2) is 0 Å². The van der Waals surface area contributed by atoms with E-state index < -0.39 is 0 Å². The van der Waals surface area contributed by atoms with Crippen molar-refractivity contribution in [1.29, 1.82) is 0 Å². The van der Waals surface area contributed by atoms with Gasteiger partial charge in [0.15, 0.2) is 0 Å². The second-order valence-corrected chi connectivity index (χ2v) is 11.4. The summed E-state index contributed by atoms with van der Waals surface area (Å²) in [6.07, 6.45) is 0. The molecule has 1 aliphatic heterocycles. The Morgan fingerprint density at radius 1 is 0.390 bits per heavy atom. The van der Waals surface area contributed by atoms with E-state index in [9.17, 15) is 0 Å². The molecule has 9 rings (SSSR count). The van der Waals surface area contributed by atoms with E-state index in [-0.39, 0.29) is 0 Å². The Labute approximate surface area is 239 Å². The summed E-state index contributed by atoms with van der Waals surface area (Å²) in [6.45, 7) is 4.50. The Balaban J connectivity index is 1.40. The van der Waals surface area contributed by atoms with Crippen molar-refractivity contribution in [2.45, 2.75) is 13.8 Å². The van der Waals surface area contributed by atoms with Gasteiger partial charge in [-0.15, -0.1) is 0 Å². The summed E-state index contributed by atoms with van der Waals surface area (Å²) in [7, 11) is 0. The van der Waals surface area contributed by atoms with Gasteiger partial charge in [-0.25, -0.2) is 0 Å². The van der Waals surface area contributed by atoms with Crippen molar-refractivity contribution in [3.05, 3.63) is 139 Å². The van der Waals surface area contributed by atoms with Crippen molar-refractivity contribution in [3.8, 4) is 22.3 Å². The molecule has 0 unspecified atom stereocenters. The quantitative estimate of drug-likeness (QED) is 0.204. The van der Waals surface area contributed by atoms with E-state index in [1.54, 1.807) is 0 Å². The van der Waals surface area contributed by atoms with Crippen molar-refractivity contribution in [3.63, 3.8) is 0 Å². The molecule has 1 aliphatic rings. The summed E-state index contributed by atoms with van der Waals surface area (Å²) in [5.74, 6) is 0. The number of hydrogen-bond donors (Lipinski definition) is 0. The van der Waals surface area contributed by atoms with Gasteiger partial charge in [-0.2, -0.15) is 0 Å². The van der Waals surface area contributed by atoms with Gasteiger partial charge in [0.2, 0.25) is 0 Å². The number of rotatable bonds is 2. The average Bonchev–Trinajstić information content (AvgIpc) is 3.02. The minimum absolute atomic E-state index is 1.22. The zero-order valence-corrected chi connectivity index (χ0v) is 23.1. The largest absolute Gasteiger partial charge is 0.309 e. The Bertz CT molecular complexity index is 2330. The molecule has 0 amide bonds. The van der Waals surface area contributed by atoms with Crippen molar-refractivity contribution < 1.29 is 0 Å². The third kappa shape index (κ3) is 3.01. The molecule has 192 valence electrons. The van der Waals surface area contributed by atoms with Crippen LogP contribution >= 0.6 is 0 Å². The highest BCUT2D eigenvalue weighted by Gasteiger charge is 2.28. The number of para-hydroxylation sites is 1. The lowest BCUT2D eigenvalue weighted by Gasteiger charge is -2.35. The summed E-state index contributed by atoms with van der Waals surface area (Å²) in [5.41, 5.74) is 11.5. The molecule has 41 heavy (non-hydrogen) atoms. The van der Waals surface area contributed by atoms with Crippen LogP contribution in [0.25, 0.3) is 65.3 Å². The van der Waals surface area contributed by atoms with Gasteiger partial charge in [0, 0.05) is 16.3 Å². The first-order valence-corrected chi connectivity index (χ1v) is 14.4. The lowest BCUT2D eigenvalue weighted by Crippen LogP contribution is -2.15. The van der Waals surface area contributed by atoms with Gasteiger partial charge in [0.05, 0.1) is 17.1 Å². The monoisotopic (exact) mass is 521 g/mol. The first-order chi connectivity index (χ1) is 20.2. The normalized spacial score (nSPS) is 12.6. The summed E-state index contributed by atoms with van der Waals surface area (Å²) in [6, 6.07) is 47.3. The number of fused-ring (bicyclic) bond motifs is 2. The number of anilines is 3. The summed E-state index contributed by atoms with van der Waals surface area (Å²) >= 11 is 0. The molecule has 0 radical (unpaired) electrons. The highest BCUT2D eigenvalue weighted by atomic mass is 15.2.